The molecule has 152 valence electrons. The highest BCUT2D eigenvalue weighted by Gasteiger charge is 2.61. The van der Waals surface area contributed by atoms with E-state index in [1.54, 1.807) is 0 Å². The van der Waals surface area contributed by atoms with E-state index in [1.807, 2.05) is 0 Å². The van der Waals surface area contributed by atoms with Crippen molar-refractivity contribution in [3.63, 3.8) is 0 Å². The number of hydrogen-bond donors (Lipinski definition) is 1. The zero-order valence-electron chi connectivity index (χ0n) is 17.2. The van der Waals surface area contributed by atoms with Gasteiger partial charge in [0.05, 0.1) is 0 Å². The third-order valence-corrected chi connectivity index (χ3v) is 11.1. The number of carbonyl (C=O) groups is 1. The molecule has 8 unspecified atom stereocenters. The first kappa shape index (κ1) is 19.8. The van der Waals surface area contributed by atoms with Gasteiger partial charge in [0.1, 0.15) is 5.78 Å². The Kier molecular flexibility index (Phi) is 5.20. The lowest BCUT2D eigenvalue weighted by molar-refractivity contribution is -0.135. The molecule has 4 aliphatic rings. The number of ketones is 1. The summed E-state index contributed by atoms with van der Waals surface area (Å²) in [6.07, 6.45) is 9.44. The largest absolute Gasteiger partial charge is 0.330 e. The summed E-state index contributed by atoms with van der Waals surface area (Å²) in [6, 6.07) is 0. The molecule has 0 aliphatic heterocycles. The van der Waals surface area contributed by atoms with Crippen molar-refractivity contribution in [2.45, 2.75) is 76.9 Å². The van der Waals surface area contributed by atoms with Gasteiger partial charge in [-0.25, -0.2) is 0 Å². The van der Waals surface area contributed by atoms with Crippen molar-refractivity contribution in [1.82, 2.24) is 0 Å². The van der Waals surface area contributed by atoms with Crippen LogP contribution in [0.5, 0.6) is 0 Å². The molecule has 0 spiro atoms. The fraction of sp³-hybridized carbons (Fsp3) is 0.870. The Balaban J connectivity index is 1.55. The maximum Gasteiger partial charge on any atom is 0.139 e. The zero-order chi connectivity index (χ0) is 19.4. The van der Waals surface area contributed by atoms with Gasteiger partial charge in [0.15, 0.2) is 0 Å². The molecule has 0 radical (unpaired) electrons. The first-order chi connectivity index (χ1) is 12.8. The van der Waals surface area contributed by atoms with E-state index in [2.05, 4.69) is 20.4 Å². The molecule has 0 heterocycles. The molecular formula is C23H37NO2S. The number of nitrogens with two attached hydrogens (primary N) is 1. The van der Waals surface area contributed by atoms with E-state index in [0.717, 1.165) is 56.6 Å². The van der Waals surface area contributed by atoms with Gasteiger partial charge in [-0.15, -0.1) is 0 Å². The van der Waals surface area contributed by atoms with Crippen LogP contribution in [-0.2, 0) is 15.6 Å². The standard InChI is InChI=1S/C23H37NO2S/c1-15-13-17-18-5-6-21(25)23(18,3)10-8-19(17)22(2)9-7-16(14-20(15)22)27(26)12-4-11-24/h16-20H,1,4-14,24H2,2-3H3. The lowest BCUT2D eigenvalue weighted by atomic mass is 9.44. The SMILES string of the molecule is C=C1CC2C3CCC(=O)C3(C)CCC2C2(C)CCC(S(=O)CCCN)CC12. The summed E-state index contributed by atoms with van der Waals surface area (Å²) in [5.74, 6) is 3.71. The minimum absolute atomic E-state index is 0.0639. The predicted molar refractivity (Wildman–Crippen MR) is 112 cm³/mol. The Morgan fingerprint density at radius 1 is 1.19 bits per heavy atom. The molecule has 4 heteroatoms. The highest BCUT2D eigenvalue weighted by Crippen LogP contribution is 2.66. The lowest BCUT2D eigenvalue weighted by Gasteiger charge is -2.60. The first-order valence-corrected chi connectivity index (χ1v) is 12.5. The molecule has 8 atom stereocenters. The van der Waals surface area contributed by atoms with Crippen molar-refractivity contribution in [3.8, 4) is 0 Å². The van der Waals surface area contributed by atoms with Gasteiger partial charge < -0.3 is 5.73 Å². The van der Waals surface area contributed by atoms with Crippen molar-refractivity contribution in [1.29, 1.82) is 0 Å². The molecule has 0 aromatic carbocycles. The Bertz CT molecular complexity index is 661. The third-order valence-electron chi connectivity index (χ3n) is 9.20. The van der Waals surface area contributed by atoms with Crippen molar-refractivity contribution >= 4 is 16.6 Å². The first-order valence-electron chi connectivity index (χ1n) is 11.1. The topological polar surface area (TPSA) is 60.2 Å². The van der Waals surface area contributed by atoms with Gasteiger partial charge in [0.25, 0.3) is 0 Å². The lowest BCUT2D eigenvalue weighted by Crippen LogP contribution is -2.55. The van der Waals surface area contributed by atoms with Gasteiger partial charge >= 0.3 is 0 Å². The van der Waals surface area contributed by atoms with Crippen LogP contribution in [0.15, 0.2) is 12.2 Å². The average molecular weight is 392 g/mol. The number of hydrogen-bond acceptors (Lipinski definition) is 3. The zero-order valence-corrected chi connectivity index (χ0v) is 18.0. The Morgan fingerprint density at radius 3 is 2.70 bits per heavy atom. The molecule has 4 rings (SSSR count). The van der Waals surface area contributed by atoms with Crippen molar-refractivity contribution in [2.75, 3.05) is 12.3 Å². The molecular weight excluding hydrogens is 354 g/mol. The monoisotopic (exact) mass is 391 g/mol. The van der Waals surface area contributed by atoms with Crippen LogP contribution in [0.4, 0.5) is 0 Å². The van der Waals surface area contributed by atoms with E-state index in [1.165, 1.54) is 18.4 Å². The minimum atomic E-state index is -0.746. The smallest absolute Gasteiger partial charge is 0.139 e. The van der Waals surface area contributed by atoms with Crippen LogP contribution < -0.4 is 5.73 Å². The summed E-state index contributed by atoms with van der Waals surface area (Å²) in [6.45, 7) is 9.92. The number of allylic oxidation sites excluding steroid dienone is 1. The second-order valence-electron chi connectivity index (χ2n) is 10.3. The van der Waals surface area contributed by atoms with Gasteiger partial charge in [-0.05, 0) is 87.0 Å². The number of Topliss-reactive ketones (excluding diaryl/α,β-unsaturated/α-hetero) is 1. The van der Waals surface area contributed by atoms with Gasteiger partial charge in [0.2, 0.25) is 0 Å². The van der Waals surface area contributed by atoms with Gasteiger partial charge in [-0.2, -0.15) is 0 Å². The molecule has 0 amide bonds. The second-order valence-corrected chi connectivity index (χ2v) is 12.2. The van der Waals surface area contributed by atoms with Crippen LogP contribution in [0.25, 0.3) is 0 Å². The Labute approximate surface area is 167 Å². The highest BCUT2D eigenvalue weighted by atomic mass is 32.2. The predicted octanol–water partition coefficient (Wildman–Crippen LogP) is 4.23. The molecule has 2 N–H and O–H groups in total. The van der Waals surface area contributed by atoms with Crippen molar-refractivity contribution < 1.29 is 9.00 Å². The van der Waals surface area contributed by atoms with Gasteiger partial charge in [0, 0.05) is 33.6 Å². The Hall–Kier alpha value is -0.480. The maximum absolute atomic E-state index is 12.7. The molecule has 0 bridgehead atoms. The summed E-state index contributed by atoms with van der Waals surface area (Å²) in [7, 11) is -0.746. The highest BCUT2D eigenvalue weighted by molar-refractivity contribution is 7.85. The van der Waals surface area contributed by atoms with E-state index in [4.69, 9.17) is 5.73 Å². The van der Waals surface area contributed by atoms with E-state index in [0.29, 0.717) is 40.7 Å². The van der Waals surface area contributed by atoms with Gasteiger partial charge in [-0.3, -0.25) is 9.00 Å². The average Bonchev–Trinajstić information content (AvgIpc) is 2.95. The number of rotatable bonds is 4. The normalized spacial score (nSPS) is 47.9. The van der Waals surface area contributed by atoms with E-state index < -0.39 is 10.8 Å². The molecule has 0 aromatic rings. The van der Waals surface area contributed by atoms with Crippen LogP contribution in [0.1, 0.15) is 71.6 Å². The summed E-state index contributed by atoms with van der Waals surface area (Å²) in [5, 5.41) is 0.324. The van der Waals surface area contributed by atoms with Crippen molar-refractivity contribution in [3.05, 3.63) is 12.2 Å². The van der Waals surface area contributed by atoms with Crippen LogP contribution in [-0.4, -0.2) is 27.5 Å². The molecule has 3 nitrogen and oxygen atoms in total. The van der Waals surface area contributed by atoms with Crippen LogP contribution in [0, 0.1) is 34.5 Å². The number of carbonyl (C=O) groups excluding carboxylic acids is 1. The number of fused-ring (bicyclic) bond motifs is 5. The minimum Gasteiger partial charge on any atom is -0.330 e. The Morgan fingerprint density at radius 2 is 1.96 bits per heavy atom. The molecule has 0 saturated heterocycles. The molecule has 4 fully saturated rings. The van der Waals surface area contributed by atoms with Crippen LogP contribution >= 0.6 is 0 Å². The summed E-state index contributed by atoms with van der Waals surface area (Å²) >= 11 is 0. The van der Waals surface area contributed by atoms with Gasteiger partial charge in [-0.1, -0.05) is 26.0 Å². The quantitative estimate of drug-likeness (QED) is 0.730. The molecule has 4 saturated carbocycles. The van der Waals surface area contributed by atoms with Crippen LogP contribution in [0.3, 0.4) is 0 Å². The summed E-state index contributed by atoms with van der Waals surface area (Å²) in [4.78, 5) is 12.6. The summed E-state index contributed by atoms with van der Waals surface area (Å²) in [5.41, 5.74) is 7.24. The molecule has 27 heavy (non-hydrogen) atoms. The third kappa shape index (κ3) is 3.01. The maximum atomic E-state index is 12.7. The van der Waals surface area contributed by atoms with E-state index in [-0.39, 0.29) is 5.41 Å². The van der Waals surface area contributed by atoms with E-state index in [9.17, 15) is 9.00 Å². The summed E-state index contributed by atoms with van der Waals surface area (Å²) < 4.78 is 12.7. The molecule has 4 aliphatic carbocycles. The molecule has 0 aromatic heterocycles. The fourth-order valence-corrected chi connectivity index (χ4v) is 9.18. The fourth-order valence-electron chi connectivity index (χ4n) is 7.61. The van der Waals surface area contributed by atoms with Crippen molar-refractivity contribution in [2.24, 2.45) is 40.2 Å². The van der Waals surface area contributed by atoms with Crippen LogP contribution in [0.2, 0.25) is 0 Å². The van der Waals surface area contributed by atoms with E-state index >= 15 is 0 Å². The second kappa shape index (κ2) is 7.09.